The zero-order chi connectivity index (χ0) is 15.2. The normalized spacial score (nSPS) is 21.0. The van der Waals surface area contributed by atoms with Crippen LogP contribution in [0.3, 0.4) is 0 Å². The average Bonchev–Trinajstić information content (AvgIpc) is 3.07. The Balaban J connectivity index is 2.06. The second-order valence-corrected chi connectivity index (χ2v) is 7.67. The van der Waals surface area contributed by atoms with Gasteiger partial charge in [0.15, 0.2) is 9.84 Å². The third kappa shape index (κ3) is 2.44. The van der Waals surface area contributed by atoms with E-state index in [1.807, 2.05) is 26.2 Å². The fourth-order valence-corrected chi connectivity index (χ4v) is 4.52. The summed E-state index contributed by atoms with van der Waals surface area (Å²) in [5, 5.41) is 8.93. The maximum absolute atomic E-state index is 11.7. The first-order valence-electron chi connectivity index (χ1n) is 6.98. The second kappa shape index (κ2) is 4.87. The van der Waals surface area contributed by atoms with Crippen LogP contribution in [0.25, 0.3) is 11.4 Å². The molecule has 0 radical (unpaired) electrons. The molecule has 2 N–H and O–H groups in total. The summed E-state index contributed by atoms with van der Waals surface area (Å²) in [6.07, 6.45) is 3.15. The molecule has 3 rings (SSSR count). The monoisotopic (exact) mass is 309 g/mol. The summed E-state index contributed by atoms with van der Waals surface area (Å²) in [7, 11) is -1.12. The molecule has 1 aliphatic rings. The van der Waals surface area contributed by atoms with E-state index in [1.165, 1.54) is 0 Å². The molecule has 8 heteroatoms. The molecule has 1 unspecified atom stereocenters. The maximum Gasteiger partial charge on any atom is 0.152 e. The Morgan fingerprint density at radius 3 is 2.71 bits per heavy atom. The minimum absolute atomic E-state index is 0.115. The van der Waals surface area contributed by atoms with Gasteiger partial charge in [-0.15, -0.1) is 0 Å². The SMILES string of the molecule is CCc1c(-c2ccn(C)n2)nn(C2CCS(=O)(=O)C2)c1N. The minimum atomic E-state index is -2.97. The quantitative estimate of drug-likeness (QED) is 0.904. The Bertz CT molecular complexity index is 775. The van der Waals surface area contributed by atoms with Gasteiger partial charge in [0.2, 0.25) is 0 Å². The van der Waals surface area contributed by atoms with Crippen LogP contribution in [-0.2, 0) is 23.3 Å². The number of anilines is 1. The third-order valence-electron chi connectivity index (χ3n) is 3.91. The van der Waals surface area contributed by atoms with Crippen LogP contribution < -0.4 is 5.73 Å². The van der Waals surface area contributed by atoms with Gasteiger partial charge in [0.05, 0.1) is 17.5 Å². The number of nitrogen functional groups attached to an aromatic ring is 1. The lowest BCUT2D eigenvalue weighted by Crippen LogP contribution is -2.15. The summed E-state index contributed by atoms with van der Waals surface area (Å²) in [5.41, 5.74) is 8.64. The van der Waals surface area contributed by atoms with Crippen LogP contribution in [0.2, 0.25) is 0 Å². The predicted molar refractivity (Wildman–Crippen MR) is 80.5 cm³/mol. The van der Waals surface area contributed by atoms with Crippen molar-refractivity contribution in [2.45, 2.75) is 25.8 Å². The van der Waals surface area contributed by atoms with Crippen molar-refractivity contribution in [2.75, 3.05) is 17.2 Å². The van der Waals surface area contributed by atoms with E-state index in [0.29, 0.717) is 12.2 Å². The standard InChI is InChI=1S/C13H19N5O2S/c1-3-10-12(11-4-6-17(2)15-11)16-18(13(10)14)9-5-7-21(19,20)8-9/h4,6,9H,3,5,7-8,14H2,1-2H3. The van der Waals surface area contributed by atoms with Gasteiger partial charge in [-0.3, -0.25) is 4.68 Å². The molecule has 0 aromatic carbocycles. The lowest BCUT2D eigenvalue weighted by atomic mass is 10.1. The number of nitrogens with zero attached hydrogens (tertiary/aromatic N) is 4. The first-order chi connectivity index (χ1) is 9.91. The number of aryl methyl sites for hydroxylation is 1. The molecule has 0 amide bonds. The number of aromatic nitrogens is 4. The molecule has 7 nitrogen and oxygen atoms in total. The molecule has 0 aliphatic carbocycles. The summed E-state index contributed by atoms with van der Waals surface area (Å²) >= 11 is 0. The lowest BCUT2D eigenvalue weighted by Gasteiger charge is -2.10. The van der Waals surface area contributed by atoms with Crippen molar-refractivity contribution in [3.8, 4) is 11.4 Å². The van der Waals surface area contributed by atoms with Crippen molar-refractivity contribution < 1.29 is 8.42 Å². The van der Waals surface area contributed by atoms with Crippen LogP contribution in [0.15, 0.2) is 12.3 Å². The van der Waals surface area contributed by atoms with Crippen LogP contribution in [0, 0.1) is 0 Å². The molecule has 0 spiro atoms. The number of rotatable bonds is 3. The molecule has 1 aliphatic heterocycles. The van der Waals surface area contributed by atoms with Crippen molar-refractivity contribution in [3.05, 3.63) is 17.8 Å². The van der Waals surface area contributed by atoms with Crippen LogP contribution in [0.4, 0.5) is 5.82 Å². The number of hydrogen-bond acceptors (Lipinski definition) is 5. The maximum atomic E-state index is 11.7. The van der Waals surface area contributed by atoms with Gasteiger partial charge in [0, 0.05) is 18.8 Å². The zero-order valence-corrected chi connectivity index (χ0v) is 13.0. The van der Waals surface area contributed by atoms with Gasteiger partial charge in [0.1, 0.15) is 17.2 Å². The van der Waals surface area contributed by atoms with Gasteiger partial charge in [-0.2, -0.15) is 10.2 Å². The van der Waals surface area contributed by atoms with Gasteiger partial charge in [-0.1, -0.05) is 6.92 Å². The predicted octanol–water partition coefficient (Wildman–Crippen LogP) is 0.788. The fraction of sp³-hybridized carbons (Fsp3) is 0.538. The molecule has 2 aromatic heterocycles. The molecule has 3 heterocycles. The van der Waals surface area contributed by atoms with Gasteiger partial charge < -0.3 is 5.73 Å². The molecule has 1 fully saturated rings. The number of nitrogens with two attached hydrogens (primary N) is 1. The minimum Gasteiger partial charge on any atom is -0.384 e. The summed E-state index contributed by atoms with van der Waals surface area (Å²) in [6.45, 7) is 2.01. The Morgan fingerprint density at radius 1 is 1.43 bits per heavy atom. The number of sulfone groups is 1. The topological polar surface area (TPSA) is 95.8 Å². The van der Waals surface area contributed by atoms with E-state index in [1.54, 1.807) is 9.36 Å². The van der Waals surface area contributed by atoms with Gasteiger partial charge in [-0.05, 0) is 18.9 Å². The Labute approximate surface area is 123 Å². The average molecular weight is 309 g/mol. The molecule has 0 bridgehead atoms. The van der Waals surface area contributed by atoms with Crippen molar-refractivity contribution in [1.29, 1.82) is 0 Å². The van der Waals surface area contributed by atoms with E-state index in [0.717, 1.165) is 23.4 Å². The molecule has 1 atom stereocenters. The highest BCUT2D eigenvalue weighted by atomic mass is 32.2. The third-order valence-corrected chi connectivity index (χ3v) is 5.66. The van der Waals surface area contributed by atoms with E-state index in [-0.39, 0.29) is 17.5 Å². The second-order valence-electron chi connectivity index (χ2n) is 5.44. The Hall–Kier alpha value is -1.83. The summed E-state index contributed by atoms with van der Waals surface area (Å²) in [4.78, 5) is 0. The van der Waals surface area contributed by atoms with Gasteiger partial charge in [-0.25, -0.2) is 13.1 Å². The Morgan fingerprint density at radius 2 is 2.19 bits per heavy atom. The molecular weight excluding hydrogens is 290 g/mol. The Kier molecular flexibility index (Phi) is 3.27. The van der Waals surface area contributed by atoms with Crippen LogP contribution in [-0.4, -0.2) is 39.5 Å². The van der Waals surface area contributed by atoms with E-state index in [2.05, 4.69) is 10.2 Å². The zero-order valence-electron chi connectivity index (χ0n) is 12.2. The first-order valence-corrected chi connectivity index (χ1v) is 8.80. The first kappa shape index (κ1) is 14.1. The lowest BCUT2D eigenvalue weighted by molar-refractivity contribution is 0.507. The van der Waals surface area contributed by atoms with E-state index < -0.39 is 9.84 Å². The van der Waals surface area contributed by atoms with Crippen molar-refractivity contribution in [2.24, 2.45) is 7.05 Å². The summed E-state index contributed by atoms with van der Waals surface area (Å²) in [5.74, 6) is 0.876. The van der Waals surface area contributed by atoms with E-state index in [9.17, 15) is 8.42 Å². The van der Waals surface area contributed by atoms with Crippen LogP contribution in [0.5, 0.6) is 0 Å². The molecular formula is C13H19N5O2S. The van der Waals surface area contributed by atoms with E-state index in [4.69, 9.17) is 5.73 Å². The molecule has 21 heavy (non-hydrogen) atoms. The number of hydrogen-bond donors (Lipinski definition) is 1. The van der Waals surface area contributed by atoms with E-state index >= 15 is 0 Å². The molecule has 0 saturated carbocycles. The smallest absolute Gasteiger partial charge is 0.152 e. The fourth-order valence-electron chi connectivity index (χ4n) is 2.82. The van der Waals surface area contributed by atoms with Crippen molar-refractivity contribution in [3.63, 3.8) is 0 Å². The van der Waals surface area contributed by atoms with Crippen LogP contribution in [0.1, 0.15) is 24.9 Å². The largest absolute Gasteiger partial charge is 0.384 e. The highest BCUT2D eigenvalue weighted by Gasteiger charge is 2.32. The summed E-state index contributed by atoms with van der Waals surface area (Å²) in [6, 6.07) is 1.72. The van der Waals surface area contributed by atoms with Gasteiger partial charge >= 0.3 is 0 Å². The highest BCUT2D eigenvalue weighted by molar-refractivity contribution is 7.91. The molecule has 1 saturated heterocycles. The van der Waals surface area contributed by atoms with Crippen molar-refractivity contribution >= 4 is 15.7 Å². The highest BCUT2D eigenvalue weighted by Crippen LogP contribution is 2.32. The van der Waals surface area contributed by atoms with Crippen molar-refractivity contribution in [1.82, 2.24) is 19.6 Å². The molecule has 114 valence electrons. The molecule has 2 aromatic rings. The van der Waals surface area contributed by atoms with Gasteiger partial charge in [0.25, 0.3) is 0 Å². The summed E-state index contributed by atoms with van der Waals surface area (Å²) < 4.78 is 26.7. The van der Waals surface area contributed by atoms with Crippen LogP contribution >= 0.6 is 0 Å².